The Labute approximate surface area is 120 Å². The number of hydrogen-bond donors (Lipinski definition) is 0. The number of nitrogens with zero attached hydrogens (tertiary/aromatic N) is 1. The number of Topliss-reactive ketones (excluding diaryl/α,β-unsaturated/α-hetero) is 1. The zero-order valence-corrected chi connectivity index (χ0v) is 12.5. The number of nitriles is 1. The summed E-state index contributed by atoms with van der Waals surface area (Å²) in [6.45, 7) is 11.6. The van der Waals surface area contributed by atoms with Gasteiger partial charge in [-0.25, -0.2) is 0 Å². The van der Waals surface area contributed by atoms with E-state index in [1.54, 1.807) is 0 Å². The number of rotatable bonds is 1. The van der Waals surface area contributed by atoms with Gasteiger partial charge in [0, 0.05) is 5.41 Å². The summed E-state index contributed by atoms with van der Waals surface area (Å²) in [5, 5.41) is 9.44. The van der Waals surface area contributed by atoms with E-state index in [2.05, 4.69) is 12.6 Å². The molecule has 2 rings (SSSR count). The molecule has 0 amide bonds. The van der Waals surface area contributed by atoms with Crippen molar-refractivity contribution in [1.29, 1.82) is 5.26 Å². The minimum atomic E-state index is -0.550. The van der Waals surface area contributed by atoms with Gasteiger partial charge < -0.3 is 0 Å². The van der Waals surface area contributed by atoms with Crippen LogP contribution in [-0.2, 0) is 4.79 Å². The Hall–Kier alpha value is -2.14. The van der Waals surface area contributed by atoms with E-state index in [0.717, 1.165) is 27.8 Å². The standard InChI is InChI=1S/C18H19NO/c1-11-6-7-13-12(2)9-15(14(13)8-11)16(10-19)17(20)18(3,4)5/h6-8H,2,9H2,1,3-5H3/b16-15+. The van der Waals surface area contributed by atoms with Crippen LogP contribution in [0.15, 0.2) is 30.4 Å². The van der Waals surface area contributed by atoms with Gasteiger partial charge in [0.15, 0.2) is 5.78 Å². The molecule has 20 heavy (non-hydrogen) atoms. The van der Waals surface area contributed by atoms with Crippen molar-refractivity contribution in [3.05, 3.63) is 47.0 Å². The summed E-state index contributed by atoms with van der Waals surface area (Å²) in [5.74, 6) is -0.0999. The van der Waals surface area contributed by atoms with Crippen molar-refractivity contribution in [3.63, 3.8) is 0 Å². The second kappa shape index (κ2) is 4.76. The molecule has 0 saturated heterocycles. The quantitative estimate of drug-likeness (QED) is 0.561. The molecule has 0 heterocycles. The maximum atomic E-state index is 12.5. The highest BCUT2D eigenvalue weighted by Gasteiger charge is 2.31. The zero-order valence-electron chi connectivity index (χ0n) is 12.5. The molecule has 0 atom stereocenters. The lowest BCUT2D eigenvalue weighted by molar-refractivity contribution is -0.122. The number of allylic oxidation sites excluding steroid dienone is 3. The van der Waals surface area contributed by atoms with Gasteiger partial charge in [0.05, 0.1) is 5.57 Å². The van der Waals surface area contributed by atoms with Crippen LogP contribution in [0.25, 0.3) is 11.1 Å². The van der Waals surface area contributed by atoms with Gasteiger partial charge in [0.2, 0.25) is 0 Å². The molecule has 2 heteroatoms. The number of hydrogen-bond acceptors (Lipinski definition) is 2. The number of benzene rings is 1. The maximum Gasteiger partial charge on any atom is 0.178 e. The van der Waals surface area contributed by atoms with Gasteiger partial charge in [-0.1, -0.05) is 51.1 Å². The molecule has 0 aromatic heterocycles. The molecule has 1 aromatic carbocycles. The van der Waals surface area contributed by atoms with Crippen molar-refractivity contribution >= 4 is 16.9 Å². The third-order valence-corrected chi connectivity index (χ3v) is 3.59. The normalized spacial score (nSPS) is 16.6. The van der Waals surface area contributed by atoms with E-state index in [0.29, 0.717) is 6.42 Å². The molecular weight excluding hydrogens is 246 g/mol. The lowest BCUT2D eigenvalue weighted by atomic mass is 9.84. The van der Waals surface area contributed by atoms with Crippen LogP contribution in [0.4, 0.5) is 0 Å². The number of ketones is 1. The highest BCUT2D eigenvalue weighted by Crippen LogP contribution is 2.42. The number of carbonyl (C=O) groups is 1. The van der Waals surface area contributed by atoms with Crippen molar-refractivity contribution < 1.29 is 4.79 Å². The van der Waals surface area contributed by atoms with Crippen molar-refractivity contribution in [3.8, 4) is 6.07 Å². The molecule has 0 fully saturated rings. The minimum Gasteiger partial charge on any atom is -0.293 e. The molecule has 1 aliphatic rings. The molecule has 102 valence electrons. The number of aryl methyl sites for hydroxylation is 1. The average molecular weight is 265 g/mol. The predicted molar refractivity (Wildman–Crippen MR) is 81.8 cm³/mol. The van der Waals surface area contributed by atoms with Crippen LogP contribution in [0.2, 0.25) is 0 Å². The van der Waals surface area contributed by atoms with Crippen LogP contribution in [0.5, 0.6) is 0 Å². The van der Waals surface area contributed by atoms with Crippen LogP contribution in [-0.4, -0.2) is 5.78 Å². The summed E-state index contributed by atoms with van der Waals surface area (Å²) < 4.78 is 0. The first-order valence-corrected chi connectivity index (χ1v) is 6.73. The Morgan fingerprint density at radius 3 is 2.50 bits per heavy atom. The van der Waals surface area contributed by atoms with Crippen LogP contribution in [0, 0.1) is 23.7 Å². The molecule has 0 N–H and O–H groups in total. The van der Waals surface area contributed by atoms with E-state index in [9.17, 15) is 10.1 Å². The summed E-state index contributed by atoms with van der Waals surface area (Å²) in [7, 11) is 0. The second-order valence-corrected chi connectivity index (χ2v) is 6.37. The van der Waals surface area contributed by atoms with Gasteiger partial charge in [-0.2, -0.15) is 5.26 Å². The van der Waals surface area contributed by atoms with Crippen LogP contribution in [0.1, 0.15) is 43.9 Å². The highest BCUT2D eigenvalue weighted by atomic mass is 16.1. The maximum absolute atomic E-state index is 12.5. The smallest absolute Gasteiger partial charge is 0.178 e. The van der Waals surface area contributed by atoms with Crippen molar-refractivity contribution in [2.24, 2.45) is 5.41 Å². The third kappa shape index (κ3) is 2.32. The molecule has 0 saturated carbocycles. The predicted octanol–water partition coefficient (Wildman–Crippen LogP) is 4.30. The van der Waals surface area contributed by atoms with E-state index in [-0.39, 0.29) is 11.4 Å². The Bertz CT molecular complexity index is 678. The fraction of sp³-hybridized carbons (Fsp3) is 0.333. The van der Waals surface area contributed by atoms with E-state index in [4.69, 9.17) is 0 Å². The molecule has 0 spiro atoms. The first-order valence-electron chi connectivity index (χ1n) is 6.73. The summed E-state index contributed by atoms with van der Waals surface area (Å²) in [5.41, 5.74) is 4.70. The molecule has 1 aromatic rings. The Kier molecular flexibility index (Phi) is 3.39. The molecule has 0 unspecified atom stereocenters. The fourth-order valence-corrected chi connectivity index (χ4v) is 2.47. The number of carbonyl (C=O) groups excluding carboxylic acids is 1. The largest absolute Gasteiger partial charge is 0.293 e. The van der Waals surface area contributed by atoms with E-state index in [1.807, 2.05) is 45.9 Å². The summed E-state index contributed by atoms with van der Waals surface area (Å²) >= 11 is 0. The van der Waals surface area contributed by atoms with Gasteiger partial charge >= 0.3 is 0 Å². The molecular formula is C18H19NO. The van der Waals surface area contributed by atoms with Crippen molar-refractivity contribution in [2.75, 3.05) is 0 Å². The lowest BCUT2D eigenvalue weighted by Gasteiger charge is -2.17. The first kappa shape index (κ1) is 14.3. The Morgan fingerprint density at radius 2 is 1.95 bits per heavy atom. The average Bonchev–Trinajstić information content (AvgIpc) is 2.66. The molecule has 0 radical (unpaired) electrons. The number of fused-ring (bicyclic) bond motifs is 1. The van der Waals surface area contributed by atoms with Gasteiger partial charge in [0.1, 0.15) is 6.07 Å². The van der Waals surface area contributed by atoms with E-state index in [1.165, 1.54) is 0 Å². The zero-order chi connectivity index (χ0) is 15.1. The minimum absolute atomic E-state index is 0.0999. The molecule has 2 nitrogen and oxygen atoms in total. The van der Waals surface area contributed by atoms with E-state index >= 15 is 0 Å². The van der Waals surface area contributed by atoms with Crippen LogP contribution < -0.4 is 0 Å². The van der Waals surface area contributed by atoms with Crippen LogP contribution in [0.3, 0.4) is 0 Å². The second-order valence-electron chi connectivity index (χ2n) is 6.37. The fourth-order valence-electron chi connectivity index (χ4n) is 2.47. The van der Waals surface area contributed by atoms with Gasteiger partial charge in [-0.05, 0) is 35.6 Å². The monoisotopic (exact) mass is 265 g/mol. The SMILES string of the molecule is C=C1C/C(=C(/C#N)C(=O)C(C)(C)C)c2cc(C)ccc21. The van der Waals surface area contributed by atoms with Gasteiger partial charge in [0.25, 0.3) is 0 Å². The topological polar surface area (TPSA) is 40.9 Å². The highest BCUT2D eigenvalue weighted by molar-refractivity contribution is 6.12. The molecule has 0 aliphatic heterocycles. The third-order valence-electron chi connectivity index (χ3n) is 3.59. The molecule has 1 aliphatic carbocycles. The lowest BCUT2D eigenvalue weighted by Crippen LogP contribution is -2.22. The van der Waals surface area contributed by atoms with Crippen molar-refractivity contribution in [2.45, 2.75) is 34.1 Å². The summed E-state index contributed by atoms with van der Waals surface area (Å²) in [6.07, 6.45) is 0.587. The summed E-state index contributed by atoms with van der Waals surface area (Å²) in [4.78, 5) is 12.5. The van der Waals surface area contributed by atoms with Gasteiger partial charge in [-0.3, -0.25) is 4.79 Å². The molecule has 0 bridgehead atoms. The summed E-state index contributed by atoms with van der Waals surface area (Å²) in [6, 6.07) is 8.21. The first-order chi connectivity index (χ1) is 9.25. The van der Waals surface area contributed by atoms with Gasteiger partial charge in [-0.15, -0.1) is 0 Å². The van der Waals surface area contributed by atoms with E-state index < -0.39 is 5.41 Å². The van der Waals surface area contributed by atoms with Crippen LogP contribution >= 0.6 is 0 Å². The Balaban J connectivity index is 2.68. The van der Waals surface area contributed by atoms with Crippen molar-refractivity contribution in [1.82, 2.24) is 0 Å². The Morgan fingerprint density at radius 1 is 1.30 bits per heavy atom.